The summed E-state index contributed by atoms with van der Waals surface area (Å²) in [5.74, 6) is -0.180. The van der Waals surface area contributed by atoms with Gasteiger partial charge in [0.2, 0.25) is 5.91 Å². The highest BCUT2D eigenvalue weighted by molar-refractivity contribution is 5.99. The Morgan fingerprint density at radius 2 is 2.00 bits per heavy atom. The van der Waals surface area contributed by atoms with Crippen LogP contribution in [0.25, 0.3) is 0 Å². The first-order chi connectivity index (χ1) is 11.5. The van der Waals surface area contributed by atoms with Crippen molar-refractivity contribution in [2.24, 2.45) is 0 Å². The lowest BCUT2D eigenvalue weighted by atomic mass is 10.1. The number of hydrogen-bond donors (Lipinski definition) is 1. The van der Waals surface area contributed by atoms with Crippen LogP contribution in [-0.2, 0) is 9.53 Å². The molecule has 2 fully saturated rings. The Bertz CT molecular complexity index is 634. The lowest BCUT2D eigenvalue weighted by Crippen LogP contribution is -2.45. The van der Waals surface area contributed by atoms with E-state index in [1.807, 2.05) is 18.5 Å². The van der Waals surface area contributed by atoms with E-state index < -0.39 is 6.04 Å². The number of ether oxygens (including phenoxy) is 1. The highest BCUT2D eigenvalue weighted by atomic mass is 16.5. The maximum atomic E-state index is 13.1. The van der Waals surface area contributed by atoms with Crippen molar-refractivity contribution >= 4 is 11.8 Å². The third-order valence-electron chi connectivity index (χ3n) is 5.06. The van der Waals surface area contributed by atoms with Crippen molar-refractivity contribution in [1.82, 2.24) is 20.0 Å². The van der Waals surface area contributed by atoms with E-state index >= 15 is 0 Å². The lowest BCUT2D eigenvalue weighted by molar-refractivity contribution is -0.124. The maximum Gasteiger partial charge on any atom is 0.258 e. The molecule has 1 N–H and O–H groups in total. The zero-order valence-electron chi connectivity index (χ0n) is 14.7. The van der Waals surface area contributed by atoms with Crippen LogP contribution in [0.3, 0.4) is 0 Å². The molecule has 0 aromatic carbocycles. The Kier molecular flexibility index (Phi) is 4.89. The summed E-state index contributed by atoms with van der Waals surface area (Å²) in [7, 11) is 0. The predicted octanol–water partition coefficient (Wildman–Crippen LogP) is 1.20. The van der Waals surface area contributed by atoms with Gasteiger partial charge in [0.1, 0.15) is 6.04 Å². The third-order valence-corrected chi connectivity index (χ3v) is 5.06. The lowest BCUT2D eigenvalue weighted by Gasteiger charge is -2.26. The number of hydrogen-bond acceptors (Lipinski definition) is 4. The summed E-state index contributed by atoms with van der Waals surface area (Å²) in [5.41, 5.74) is 2.27. The molecule has 3 rings (SSSR count). The molecule has 2 aliphatic heterocycles. The van der Waals surface area contributed by atoms with E-state index in [1.165, 1.54) is 0 Å². The van der Waals surface area contributed by atoms with Crippen LogP contribution < -0.4 is 5.32 Å². The summed E-state index contributed by atoms with van der Waals surface area (Å²) in [6.45, 7) is 8.27. The summed E-state index contributed by atoms with van der Waals surface area (Å²) < 4.78 is 7.40. The van der Waals surface area contributed by atoms with Crippen LogP contribution in [0.15, 0.2) is 0 Å². The van der Waals surface area contributed by atoms with Crippen molar-refractivity contribution in [3.8, 4) is 0 Å². The van der Waals surface area contributed by atoms with Crippen LogP contribution in [0.4, 0.5) is 0 Å². The monoisotopic (exact) mass is 334 g/mol. The highest BCUT2D eigenvalue weighted by Crippen LogP contribution is 2.26. The molecule has 0 unspecified atom stereocenters. The molecule has 0 aliphatic carbocycles. The molecule has 3 heterocycles. The van der Waals surface area contributed by atoms with Gasteiger partial charge in [0, 0.05) is 32.0 Å². The number of nitrogens with one attached hydrogen (secondary N) is 1. The molecule has 1 atom stereocenters. The van der Waals surface area contributed by atoms with Crippen molar-refractivity contribution in [3.05, 3.63) is 17.0 Å². The minimum absolute atomic E-state index is 0.0898. The Hall–Kier alpha value is -1.89. The fraction of sp³-hybridized carbons (Fsp3) is 0.706. The van der Waals surface area contributed by atoms with E-state index in [2.05, 4.69) is 10.4 Å². The summed E-state index contributed by atoms with van der Waals surface area (Å²) in [6.07, 6.45) is 2.60. The predicted molar refractivity (Wildman–Crippen MR) is 88.9 cm³/mol. The molecule has 0 radical (unpaired) electrons. The quantitative estimate of drug-likeness (QED) is 0.882. The first kappa shape index (κ1) is 17.0. The maximum absolute atomic E-state index is 13.1. The van der Waals surface area contributed by atoms with Gasteiger partial charge in [0.05, 0.1) is 17.3 Å². The topological polar surface area (TPSA) is 76.5 Å². The Labute approximate surface area is 142 Å². The van der Waals surface area contributed by atoms with Crippen LogP contribution in [-0.4, -0.2) is 58.8 Å². The number of amides is 2. The standard InChI is InChI=1S/C17H26N4O3/c1-11-15(12(2)21(19-11)14-5-9-24-10-6-14)17(23)20-8-4-7-18-16(22)13(20)3/h13-14H,4-10H2,1-3H3,(H,18,22)/t13-/m0/s1. The van der Waals surface area contributed by atoms with Crippen molar-refractivity contribution in [2.75, 3.05) is 26.3 Å². The number of carbonyl (C=O) groups is 2. The molecule has 1 aromatic heterocycles. The highest BCUT2D eigenvalue weighted by Gasteiger charge is 2.32. The van der Waals surface area contributed by atoms with E-state index in [0.29, 0.717) is 18.7 Å². The molecular weight excluding hydrogens is 308 g/mol. The average molecular weight is 334 g/mol. The Morgan fingerprint density at radius 3 is 2.71 bits per heavy atom. The first-order valence-electron chi connectivity index (χ1n) is 8.73. The van der Waals surface area contributed by atoms with Crippen molar-refractivity contribution in [2.45, 2.75) is 52.1 Å². The molecule has 24 heavy (non-hydrogen) atoms. The van der Waals surface area contributed by atoms with E-state index in [9.17, 15) is 9.59 Å². The van der Waals surface area contributed by atoms with Crippen LogP contribution in [0.5, 0.6) is 0 Å². The second kappa shape index (κ2) is 6.93. The van der Waals surface area contributed by atoms with Gasteiger partial charge in [-0.05, 0) is 40.0 Å². The molecule has 2 saturated heterocycles. The van der Waals surface area contributed by atoms with E-state index in [4.69, 9.17) is 4.74 Å². The summed E-state index contributed by atoms with van der Waals surface area (Å²) >= 11 is 0. The minimum atomic E-state index is -0.453. The van der Waals surface area contributed by atoms with E-state index in [0.717, 1.165) is 43.9 Å². The van der Waals surface area contributed by atoms with Crippen molar-refractivity contribution in [1.29, 1.82) is 0 Å². The van der Waals surface area contributed by atoms with Crippen molar-refractivity contribution < 1.29 is 14.3 Å². The van der Waals surface area contributed by atoms with Gasteiger partial charge in [-0.15, -0.1) is 0 Å². The molecule has 0 saturated carbocycles. The van der Waals surface area contributed by atoms with Crippen molar-refractivity contribution in [3.63, 3.8) is 0 Å². The smallest absolute Gasteiger partial charge is 0.258 e. The fourth-order valence-corrected chi connectivity index (χ4v) is 3.62. The number of carbonyl (C=O) groups excluding carboxylic acids is 2. The van der Waals surface area contributed by atoms with Gasteiger partial charge in [-0.3, -0.25) is 14.3 Å². The summed E-state index contributed by atoms with van der Waals surface area (Å²) in [5, 5.41) is 7.48. The average Bonchev–Trinajstić information content (AvgIpc) is 2.78. The largest absolute Gasteiger partial charge is 0.381 e. The zero-order valence-corrected chi connectivity index (χ0v) is 14.7. The van der Waals surface area contributed by atoms with Gasteiger partial charge >= 0.3 is 0 Å². The zero-order chi connectivity index (χ0) is 17.3. The van der Waals surface area contributed by atoms with Crippen LogP contribution in [0.2, 0.25) is 0 Å². The van der Waals surface area contributed by atoms with Gasteiger partial charge < -0.3 is 15.0 Å². The second-order valence-electron chi connectivity index (χ2n) is 6.65. The SMILES string of the molecule is Cc1nn(C2CCOCC2)c(C)c1C(=O)N1CCCNC(=O)[C@@H]1C. The summed E-state index contributed by atoms with van der Waals surface area (Å²) in [6, 6.07) is -0.172. The van der Waals surface area contributed by atoms with Gasteiger partial charge in [0.15, 0.2) is 0 Å². The van der Waals surface area contributed by atoms with Crippen LogP contribution >= 0.6 is 0 Å². The molecule has 2 aliphatic rings. The molecule has 7 heteroatoms. The normalized spacial score (nSPS) is 23.0. The molecule has 0 bridgehead atoms. The fourth-order valence-electron chi connectivity index (χ4n) is 3.62. The van der Waals surface area contributed by atoms with E-state index in [1.54, 1.807) is 11.8 Å². The van der Waals surface area contributed by atoms with Gasteiger partial charge in [-0.1, -0.05) is 0 Å². The number of aromatic nitrogens is 2. The van der Waals surface area contributed by atoms with Gasteiger partial charge in [-0.25, -0.2) is 0 Å². The number of rotatable bonds is 2. The minimum Gasteiger partial charge on any atom is -0.381 e. The van der Waals surface area contributed by atoms with Crippen LogP contribution in [0.1, 0.15) is 54.0 Å². The molecule has 7 nitrogen and oxygen atoms in total. The van der Waals surface area contributed by atoms with Gasteiger partial charge in [-0.2, -0.15) is 5.10 Å². The van der Waals surface area contributed by atoms with Crippen LogP contribution in [0, 0.1) is 13.8 Å². The van der Waals surface area contributed by atoms with E-state index in [-0.39, 0.29) is 17.9 Å². The summed E-state index contributed by atoms with van der Waals surface area (Å²) in [4.78, 5) is 26.8. The number of nitrogens with zero attached hydrogens (tertiary/aromatic N) is 3. The molecule has 0 spiro atoms. The molecule has 132 valence electrons. The molecular formula is C17H26N4O3. The molecule has 2 amide bonds. The Morgan fingerprint density at radius 1 is 1.29 bits per heavy atom. The number of aryl methyl sites for hydroxylation is 1. The Balaban J connectivity index is 1.89. The van der Waals surface area contributed by atoms with Gasteiger partial charge in [0.25, 0.3) is 5.91 Å². The third kappa shape index (κ3) is 3.05. The second-order valence-corrected chi connectivity index (χ2v) is 6.65. The first-order valence-corrected chi connectivity index (χ1v) is 8.73. The molecule has 1 aromatic rings.